The standard InChI is InChI=1S/C33H35N3O3/c1-18(2)24-17-36-25-16-19(3)28(32(20(4)37)39-33(5,6)7)30(22(25)9-11-27(36)35-24)23-8-10-26-29-21(13-15-38-26)12-14-34-31(23)29/h8-12,14,16-18,32H,13,15H2,1-7H3/t32-/m1/s1. The second-order valence-corrected chi connectivity index (χ2v) is 11.9. The average Bonchev–Trinajstić information content (AvgIpc) is 3.33. The van der Waals surface area contributed by atoms with Gasteiger partial charge in [0.25, 0.3) is 0 Å². The molecule has 39 heavy (non-hydrogen) atoms. The van der Waals surface area contributed by atoms with Gasteiger partial charge in [-0.25, -0.2) is 4.98 Å². The summed E-state index contributed by atoms with van der Waals surface area (Å²) in [6.45, 7) is 14.6. The Kier molecular flexibility index (Phi) is 5.99. The number of pyridine rings is 2. The van der Waals surface area contributed by atoms with E-state index in [-0.39, 0.29) is 5.78 Å². The van der Waals surface area contributed by atoms with Crippen molar-refractivity contribution in [3.8, 4) is 16.9 Å². The van der Waals surface area contributed by atoms with Gasteiger partial charge in [-0.15, -0.1) is 0 Å². The van der Waals surface area contributed by atoms with E-state index < -0.39 is 11.7 Å². The third kappa shape index (κ3) is 4.27. The zero-order valence-corrected chi connectivity index (χ0v) is 23.8. The molecule has 6 heteroatoms. The number of rotatable bonds is 5. The predicted octanol–water partition coefficient (Wildman–Crippen LogP) is 7.51. The molecule has 0 amide bonds. The lowest BCUT2D eigenvalue weighted by atomic mass is 9.85. The van der Waals surface area contributed by atoms with E-state index in [1.54, 1.807) is 6.92 Å². The van der Waals surface area contributed by atoms with Crippen molar-refractivity contribution in [2.75, 3.05) is 6.61 Å². The Bertz CT molecular complexity index is 1770. The monoisotopic (exact) mass is 521 g/mol. The minimum Gasteiger partial charge on any atom is -0.493 e. The fourth-order valence-corrected chi connectivity index (χ4v) is 5.79. The number of benzene rings is 2. The molecule has 0 saturated heterocycles. The second kappa shape index (κ2) is 9.16. The lowest BCUT2D eigenvalue weighted by Gasteiger charge is -2.30. The van der Waals surface area contributed by atoms with Crippen molar-refractivity contribution in [3.63, 3.8) is 0 Å². The van der Waals surface area contributed by atoms with Crippen LogP contribution in [0.1, 0.15) is 75.9 Å². The number of imidazole rings is 1. The molecule has 6 nitrogen and oxygen atoms in total. The predicted molar refractivity (Wildman–Crippen MR) is 156 cm³/mol. The summed E-state index contributed by atoms with van der Waals surface area (Å²) < 4.78 is 14.7. The Balaban J connectivity index is 1.76. The van der Waals surface area contributed by atoms with Crippen LogP contribution in [-0.2, 0) is 16.0 Å². The molecule has 0 unspecified atom stereocenters. The molecule has 200 valence electrons. The van der Waals surface area contributed by atoms with Gasteiger partial charge in [0.1, 0.15) is 17.5 Å². The Labute approximate surface area is 229 Å². The van der Waals surface area contributed by atoms with E-state index in [1.165, 1.54) is 5.56 Å². The Morgan fingerprint density at radius 2 is 1.92 bits per heavy atom. The van der Waals surface area contributed by atoms with Gasteiger partial charge in [-0.1, -0.05) is 13.8 Å². The van der Waals surface area contributed by atoms with E-state index in [0.29, 0.717) is 12.5 Å². The molecule has 0 fully saturated rings. The maximum atomic E-state index is 13.2. The van der Waals surface area contributed by atoms with Gasteiger partial charge in [0.2, 0.25) is 0 Å². The highest BCUT2D eigenvalue weighted by atomic mass is 16.5. The molecule has 0 aliphatic carbocycles. The van der Waals surface area contributed by atoms with Crippen molar-refractivity contribution in [1.29, 1.82) is 0 Å². The van der Waals surface area contributed by atoms with Gasteiger partial charge < -0.3 is 9.47 Å². The highest BCUT2D eigenvalue weighted by molar-refractivity contribution is 6.08. The average molecular weight is 522 g/mol. The summed E-state index contributed by atoms with van der Waals surface area (Å²) in [6, 6.07) is 12.6. The fraction of sp³-hybridized carbons (Fsp3) is 0.364. The Morgan fingerprint density at radius 3 is 2.64 bits per heavy atom. The van der Waals surface area contributed by atoms with Gasteiger partial charge in [-0.05, 0) is 99.2 Å². The number of fused-ring (bicyclic) bond motifs is 3. The summed E-state index contributed by atoms with van der Waals surface area (Å²) in [5.41, 5.74) is 8.40. The topological polar surface area (TPSA) is 65.7 Å². The van der Waals surface area contributed by atoms with Crippen LogP contribution in [0.4, 0.5) is 0 Å². The van der Waals surface area contributed by atoms with Crippen LogP contribution in [0.2, 0.25) is 0 Å². The van der Waals surface area contributed by atoms with Gasteiger partial charge in [-0.3, -0.25) is 14.2 Å². The summed E-state index contributed by atoms with van der Waals surface area (Å²) in [6.07, 6.45) is 4.12. The molecule has 0 radical (unpaired) electrons. The van der Waals surface area contributed by atoms with E-state index >= 15 is 0 Å². The summed E-state index contributed by atoms with van der Waals surface area (Å²) in [5, 5.41) is 2.07. The highest BCUT2D eigenvalue weighted by Crippen LogP contribution is 2.45. The molecule has 5 aromatic rings. The number of hydrogen-bond acceptors (Lipinski definition) is 5. The van der Waals surface area contributed by atoms with Gasteiger partial charge in [0.15, 0.2) is 5.78 Å². The van der Waals surface area contributed by atoms with Crippen molar-refractivity contribution < 1.29 is 14.3 Å². The largest absolute Gasteiger partial charge is 0.493 e. The van der Waals surface area contributed by atoms with Crippen molar-refractivity contribution in [3.05, 3.63) is 71.2 Å². The number of carbonyl (C=O) groups excluding carboxylic acids is 1. The third-order valence-corrected chi connectivity index (χ3v) is 7.54. The molecule has 4 heterocycles. The molecule has 1 aliphatic heterocycles. The van der Waals surface area contributed by atoms with Gasteiger partial charge in [0, 0.05) is 35.2 Å². The molecule has 2 aromatic carbocycles. The van der Waals surface area contributed by atoms with Crippen LogP contribution >= 0.6 is 0 Å². The molecule has 0 saturated carbocycles. The smallest absolute Gasteiger partial charge is 0.163 e. The first kappa shape index (κ1) is 25.5. The first-order chi connectivity index (χ1) is 18.5. The SMILES string of the molecule is CC(=O)[C@@H](OC(C)(C)C)c1c(C)cc2c(ccc3nc(C(C)C)cn32)c1-c1ccc2c3c(ccnc13)CCO2. The van der Waals surface area contributed by atoms with E-state index in [2.05, 4.69) is 61.7 Å². The van der Waals surface area contributed by atoms with Crippen molar-refractivity contribution >= 4 is 33.2 Å². The number of ketones is 1. The van der Waals surface area contributed by atoms with Gasteiger partial charge >= 0.3 is 0 Å². The second-order valence-electron chi connectivity index (χ2n) is 11.9. The molecule has 1 atom stereocenters. The summed E-state index contributed by atoms with van der Waals surface area (Å²) in [4.78, 5) is 23.0. The number of carbonyl (C=O) groups is 1. The van der Waals surface area contributed by atoms with Crippen LogP contribution in [0, 0.1) is 6.92 Å². The molecule has 3 aromatic heterocycles. The van der Waals surface area contributed by atoms with Crippen LogP contribution in [0.5, 0.6) is 5.75 Å². The van der Waals surface area contributed by atoms with E-state index in [9.17, 15) is 4.79 Å². The quantitative estimate of drug-likeness (QED) is 0.239. The molecule has 6 rings (SSSR count). The van der Waals surface area contributed by atoms with Crippen molar-refractivity contribution in [2.45, 2.75) is 72.5 Å². The minimum absolute atomic E-state index is 0.0292. The molecule has 0 N–H and O–H groups in total. The van der Waals surface area contributed by atoms with Crippen molar-refractivity contribution in [1.82, 2.24) is 14.4 Å². The summed E-state index contributed by atoms with van der Waals surface area (Å²) in [5.74, 6) is 1.14. The number of aromatic nitrogens is 3. The number of ether oxygens (including phenoxy) is 2. The first-order valence-corrected chi connectivity index (χ1v) is 13.7. The van der Waals surface area contributed by atoms with Crippen LogP contribution in [-0.4, -0.2) is 32.4 Å². The maximum absolute atomic E-state index is 13.2. The highest BCUT2D eigenvalue weighted by Gasteiger charge is 2.31. The molecular formula is C33H35N3O3. The van der Waals surface area contributed by atoms with Crippen LogP contribution < -0.4 is 4.74 Å². The number of Topliss-reactive ketones (excluding diaryl/α,β-unsaturated/α-hetero) is 1. The van der Waals surface area contributed by atoms with E-state index in [4.69, 9.17) is 19.4 Å². The van der Waals surface area contributed by atoms with Crippen LogP contribution in [0.15, 0.2) is 48.8 Å². The summed E-state index contributed by atoms with van der Waals surface area (Å²) in [7, 11) is 0. The van der Waals surface area contributed by atoms with Gasteiger partial charge in [0.05, 0.1) is 28.9 Å². The zero-order valence-electron chi connectivity index (χ0n) is 23.8. The van der Waals surface area contributed by atoms with Gasteiger partial charge in [-0.2, -0.15) is 0 Å². The van der Waals surface area contributed by atoms with E-state index in [0.717, 1.165) is 67.6 Å². The first-order valence-electron chi connectivity index (χ1n) is 13.7. The summed E-state index contributed by atoms with van der Waals surface area (Å²) >= 11 is 0. The molecule has 1 aliphatic rings. The fourth-order valence-electron chi connectivity index (χ4n) is 5.79. The minimum atomic E-state index is -0.726. The van der Waals surface area contributed by atoms with Crippen molar-refractivity contribution in [2.24, 2.45) is 0 Å². The zero-order chi connectivity index (χ0) is 27.6. The molecular weight excluding hydrogens is 486 g/mol. The molecule has 0 spiro atoms. The lowest BCUT2D eigenvalue weighted by Crippen LogP contribution is -2.27. The third-order valence-electron chi connectivity index (χ3n) is 7.54. The maximum Gasteiger partial charge on any atom is 0.163 e. The Hall–Kier alpha value is -3.77. The van der Waals surface area contributed by atoms with Crippen LogP contribution in [0.25, 0.3) is 38.6 Å². The Morgan fingerprint density at radius 1 is 1.13 bits per heavy atom. The van der Waals surface area contributed by atoms with E-state index in [1.807, 2.05) is 33.0 Å². The number of hydrogen-bond donors (Lipinski definition) is 0. The lowest BCUT2D eigenvalue weighted by molar-refractivity contribution is -0.138. The number of aryl methyl sites for hydroxylation is 1. The van der Waals surface area contributed by atoms with Crippen LogP contribution in [0.3, 0.4) is 0 Å². The molecule has 0 bridgehead atoms. The normalized spacial score (nSPS) is 14.4. The number of nitrogens with zero attached hydrogens (tertiary/aromatic N) is 3.